The molecule has 0 aromatic rings. The number of carbonyl (C=O) groups excluding carboxylic acids is 2. The van der Waals surface area contributed by atoms with Crippen molar-refractivity contribution in [3.8, 4) is 0 Å². The number of aliphatic hydroxyl groups is 5. The Balaban J connectivity index is 2.75. The summed E-state index contributed by atoms with van der Waals surface area (Å²) in [6, 6.07) is -1.06. The minimum absolute atomic E-state index is 0.0973. The number of hydrogen-bond donors (Lipinski definition) is 6. The second kappa shape index (κ2) is 50.2. The second-order valence-electron chi connectivity index (χ2n) is 19.8. The largest absolute Gasteiger partial charge is 0.454 e. The van der Waals surface area contributed by atoms with Crippen molar-refractivity contribution in [2.24, 2.45) is 0 Å². The molecule has 0 saturated carbocycles. The van der Waals surface area contributed by atoms with Gasteiger partial charge < -0.3 is 45.1 Å². The lowest BCUT2D eigenvalue weighted by molar-refractivity contribution is -0.305. The van der Waals surface area contributed by atoms with Crippen LogP contribution in [0.2, 0.25) is 0 Å². The molecule has 1 saturated heterocycles. The van der Waals surface area contributed by atoms with E-state index in [-0.39, 0.29) is 19.4 Å². The third kappa shape index (κ3) is 38.0. The SMILES string of the molecule is CC/C=C/C=C/C=C\C=C/C=C/CCCCC(O)C(=O)NC(COC1OC(CO)C(O)C(O)C1OC(=O)CCCCCCCC/C=C\C/C=C\C/C=C\CCCCC)C(O)/C=C/CCCCCCCCCCCC. The van der Waals surface area contributed by atoms with Gasteiger partial charge in [0.15, 0.2) is 12.4 Å². The van der Waals surface area contributed by atoms with Gasteiger partial charge in [-0.1, -0.05) is 233 Å². The van der Waals surface area contributed by atoms with Crippen LogP contribution in [0.1, 0.15) is 213 Å². The summed E-state index contributed by atoms with van der Waals surface area (Å²) in [7, 11) is 0. The Kier molecular flexibility index (Phi) is 46.3. The van der Waals surface area contributed by atoms with Crippen LogP contribution >= 0.6 is 0 Å². The van der Waals surface area contributed by atoms with Gasteiger partial charge in [-0.3, -0.25) is 9.59 Å². The van der Waals surface area contributed by atoms with Gasteiger partial charge in [-0.15, -0.1) is 0 Å². The van der Waals surface area contributed by atoms with Crippen LogP contribution in [0.15, 0.2) is 109 Å². The molecule has 1 heterocycles. The van der Waals surface area contributed by atoms with E-state index in [1.807, 2.05) is 60.8 Å². The normalized spacial score (nSPS) is 20.1. The smallest absolute Gasteiger partial charge is 0.306 e. The number of allylic oxidation sites excluding steroid dienone is 17. The van der Waals surface area contributed by atoms with Gasteiger partial charge in [0.1, 0.15) is 24.4 Å². The summed E-state index contributed by atoms with van der Waals surface area (Å²) in [6.07, 6.45) is 57.0. The highest BCUT2D eigenvalue weighted by molar-refractivity contribution is 5.80. The molecule has 6 N–H and O–H groups in total. The zero-order valence-corrected chi connectivity index (χ0v) is 46.4. The average Bonchev–Trinajstić information content (AvgIpc) is 3.40. The van der Waals surface area contributed by atoms with Crippen LogP contribution in [0.5, 0.6) is 0 Å². The molecule has 0 aliphatic carbocycles. The number of ether oxygens (including phenoxy) is 3. The van der Waals surface area contributed by atoms with Gasteiger partial charge in [0.25, 0.3) is 0 Å². The van der Waals surface area contributed by atoms with Crippen molar-refractivity contribution in [1.82, 2.24) is 5.32 Å². The Bertz CT molecular complexity index is 1610. The molecule has 8 unspecified atom stereocenters. The van der Waals surface area contributed by atoms with Crippen molar-refractivity contribution in [3.05, 3.63) is 109 Å². The minimum Gasteiger partial charge on any atom is -0.454 e. The van der Waals surface area contributed by atoms with E-state index in [4.69, 9.17) is 14.2 Å². The molecule has 422 valence electrons. The van der Waals surface area contributed by atoms with E-state index in [0.717, 1.165) is 96.3 Å². The number of hydrogen-bond acceptors (Lipinski definition) is 10. The molecule has 1 amide bonds. The van der Waals surface area contributed by atoms with Crippen molar-refractivity contribution < 1.29 is 49.3 Å². The van der Waals surface area contributed by atoms with Gasteiger partial charge in [-0.25, -0.2) is 0 Å². The van der Waals surface area contributed by atoms with Gasteiger partial charge in [-0.2, -0.15) is 0 Å². The van der Waals surface area contributed by atoms with Gasteiger partial charge >= 0.3 is 5.97 Å². The first-order valence-corrected chi connectivity index (χ1v) is 29.2. The molecule has 0 radical (unpaired) electrons. The number of unbranched alkanes of at least 4 members (excludes halogenated alkanes) is 21. The van der Waals surface area contributed by atoms with Crippen LogP contribution in [0.4, 0.5) is 0 Å². The first-order valence-electron chi connectivity index (χ1n) is 29.2. The number of rotatable bonds is 47. The van der Waals surface area contributed by atoms with Crippen molar-refractivity contribution in [1.29, 1.82) is 0 Å². The molecular formula is C63H105NO10. The molecule has 74 heavy (non-hydrogen) atoms. The predicted molar refractivity (Wildman–Crippen MR) is 305 cm³/mol. The Morgan fingerprint density at radius 2 is 1.03 bits per heavy atom. The molecule has 0 bridgehead atoms. The monoisotopic (exact) mass is 1040 g/mol. The van der Waals surface area contributed by atoms with Crippen LogP contribution < -0.4 is 5.32 Å². The summed E-state index contributed by atoms with van der Waals surface area (Å²) in [5.41, 5.74) is 0. The zero-order valence-electron chi connectivity index (χ0n) is 46.4. The third-order valence-electron chi connectivity index (χ3n) is 13.0. The standard InChI is InChI=1S/C63H105NO10/c1-4-7-10-13-16-19-22-25-27-28-29-30-31-33-36-39-42-45-48-51-58(68)74-61-60(70)59(69)57(52-65)73-63(61)72-53-54(55(66)49-46-43-40-37-34-24-21-18-15-12-9-6-3)64-62(71)56(67)50-47-44-41-38-35-32-26-23-20-17-14-11-8-5-2/h8,11,14,16-17,19-20,23,25-27,29-30,32,35,38,46,49,54-57,59-61,63,65-67,69-70H,4-7,9-10,12-13,15,18,21-22,24,28,31,33-34,36-37,39-45,47-48,50-53H2,1-3H3,(H,64,71)/b11-8+,17-14+,19-16-,23-20-,27-25-,30-29-,32-26-,38-35+,49-46+. The molecule has 1 aliphatic rings. The molecule has 1 fully saturated rings. The number of aliphatic hydroxyl groups excluding tert-OH is 5. The van der Waals surface area contributed by atoms with Crippen molar-refractivity contribution >= 4 is 11.9 Å². The Labute approximate surface area is 449 Å². The lowest BCUT2D eigenvalue weighted by atomic mass is 9.99. The van der Waals surface area contributed by atoms with Crippen molar-refractivity contribution in [3.63, 3.8) is 0 Å². The zero-order chi connectivity index (χ0) is 54.0. The number of carbonyl (C=O) groups is 2. The lowest BCUT2D eigenvalue weighted by Gasteiger charge is -2.41. The summed E-state index contributed by atoms with van der Waals surface area (Å²) >= 11 is 0. The maximum absolute atomic E-state index is 13.4. The summed E-state index contributed by atoms with van der Waals surface area (Å²) in [5, 5.41) is 56.8. The number of esters is 1. The summed E-state index contributed by atoms with van der Waals surface area (Å²) in [5.74, 6) is -1.26. The van der Waals surface area contributed by atoms with Crippen LogP contribution in [-0.2, 0) is 23.8 Å². The highest BCUT2D eigenvalue weighted by Crippen LogP contribution is 2.26. The molecule has 0 spiro atoms. The first kappa shape index (κ1) is 68.3. The van der Waals surface area contributed by atoms with Gasteiger partial charge in [-0.05, 0) is 83.5 Å². The van der Waals surface area contributed by atoms with E-state index in [0.29, 0.717) is 12.8 Å². The van der Waals surface area contributed by atoms with Crippen molar-refractivity contribution in [2.45, 2.75) is 262 Å². The van der Waals surface area contributed by atoms with E-state index in [1.54, 1.807) is 6.08 Å². The maximum Gasteiger partial charge on any atom is 0.306 e. The van der Waals surface area contributed by atoms with Crippen LogP contribution in [0.25, 0.3) is 0 Å². The van der Waals surface area contributed by atoms with Gasteiger partial charge in [0.05, 0.1) is 25.4 Å². The molecule has 1 rings (SSSR count). The molecule has 0 aromatic heterocycles. The van der Waals surface area contributed by atoms with Crippen molar-refractivity contribution in [2.75, 3.05) is 13.2 Å². The van der Waals surface area contributed by atoms with Crippen LogP contribution in [0, 0.1) is 0 Å². The van der Waals surface area contributed by atoms with Gasteiger partial charge in [0, 0.05) is 6.42 Å². The maximum atomic E-state index is 13.4. The fraction of sp³-hybridized carbons (Fsp3) is 0.683. The quantitative estimate of drug-likeness (QED) is 0.0149. The summed E-state index contributed by atoms with van der Waals surface area (Å²) < 4.78 is 17.5. The van der Waals surface area contributed by atoms with Crippen LogP contribution in [-0.4, -0.2) is 99.6 Å². The number of nitrogens with one attached hydrogen (secondary N) is 1. The average molecular weight is 1040 g/mol. The Morgan fingerprint density at radius 3 is 1.61 bits per heavy atom. The molecular weight excluding hydrogens is 931 g/mol. The fourth-order valence-corrected chi connectivity index (χ4v) is 8.38. The fourth-order valence-electron chi connectivity index (χ4n) is 8.38. The Morgan fingerprint density at radius 1 is 0.554 bits per heavy atom. The summed E-state index contributed by atoms with van der Waals surface area (Å²) in [4.78, 5) is 26.5. The second-order valence-corrected chi connectivity index (χ2v) is 19.8. The van der Waals surface area contributed by atoms with E-state index < -0.39 is 67.4 Å². The molecule has 11 heteroatoms. The molecule has 8 atom stereocenters. The molecule has 1 aliphatic heterocycles. The number of amides is 1. The third-order valence-corrected chi connectivity index (χ3v) is 13.0. The van der Waals surface area contributed by atoms with Crippen LogP contribution in [0.3, 0.4) is 0 Å². The van der Waals surface area contributed by atoms with E-state index >= 15 is 0 Å². The molecule has 0 aromatic carbocycles. The Hall–Kier alpha value is -3.68. The molecule has 11 nitrogen and oxygen atoms in total. The topological polar surface area (TPSA) is 175 Å². The predicted octanol–water partition coefficient (Wildman–Crippen LogP) is 13.3. The van der Waals surface area contributed by atoms with E-state index in [2.05, 4.69) is 68.6 Å². The van der Waals surface area contributed by atoms with E-state index in [1.165, 1.54) is 70.6 Å². The van der Waals surface area contributed by atoms with Gasteiger partial charge in [0.2, 0.25) is 5.91 Å². The van der Waals surface area contributed by atoms with E-state index in [9.17, 15) is 35.1 Å². The highest BCUT2D eigenvalue weighted by Gasteiger charge is 2.47. The first-order chi connectivity index (χ1) is 36.2. The summed E-state index contributed by atoms with van der Waals surface area (Å²) in [6.45, 7) is 5.55. The minimum atomic E-state index is -1.63. The highest BCUT2D eigenvalue weighted by atomic mass is 16.7. The lowest BCUT2D eigenvalue weighted by Crippen LogP contribution is -2.61.